The van der Waals surface area contributed by atoms with Crippen molar-refractivity contribution in [1.82, 2.24) is 5.43 Å². The van der Waals surface area contributed by atoms with Gasteiger partial charge in [0.05, 0.1) is 15.6 Å². The predicted molar refractivity (Wildman–Crippen MR) is 89.0 cm³/mol. The lowest BCUT2D eigenvalue weighted by molar-refractivity contribution is -0.384. The predicted octanol–water partition coefficient (Wildman–Crippen LogP) is 3.48. The molecule has 0 aliphatic rings. The fourth-order valence-electron chi connectivity index (χ4n) is 1.67. The Labute approximate surface area is 143 Å². The molecule has 2 aromatic carbocycles. The third-order valence-electron chi connectivity index (χ3n) is 2.75. The number of nitrogens with zero attached hydrogens (tertiary/aromatic N) is 2. The highest BCUT2D eigenvalue weighted by molar-refractivity contribution is 9.10. The first-order valence-corrected chi connectivity index (χ1v) is 7.31. The van der Waals surface area contributed by atoms with Crippen LogP contribution in [-0.4, -0.2) is 22.2 Å². The zero-order valence-electron chi connectivity index (χ0n) is 11.4. The van der Waals surface area contributed by atoms with Crippen molar-refractivity contribution in [2.45, 2.75) is 0 Å². The Kier molecular flexibility index (Phi) is 5.30. The number of halogens is 2. The number of benzene rings is 2. The lowest BCUT2D eigenvalue weighted by Crippen LogP contribution is -2.17. The summed E-state index contributed by atoms with van der Waals surface area (Å²) in [4.78, 5) is 22.0. The molecule has 0 radical (unpaired) electrons. The van der Waals surface area contributed by atoms with Crippen molar-refractivity contribution in [2.24, 2.45) is 5.10 Å². The van der Waals surface area contributed by atoms with Gasteiger partial charge in [-0.3, -0.25) is 14.9 Å². The first kappa shape index (κ1) is 16.9. The molecule has 0 atom stereocenters. The maximum Gasteiger partial charge on any atom is 0.271 e. The molecule has 0 heterocycles. The molecule has 2 rings (SSSR count). The van der Waals surface area contributed by atoms with E-state index in [0.29, 0.717) is 15.1 Å². The fraction of sp³-hybridized carbons (Fsp3) is 0. The van der Waals surface area contributed by atoms with Gasteiger partial charge in [0, 0.05) is 28.3 Å². The number of phenols is 1. The molecule has 0 fully saturated rings. The second-order valence-electron chi connectivity index (χ2n) is 4.33. The summed E-state index contributed by atoms with van der Waals surface area (Å²) in [5.74, 6) is -0.701. The van der Waals surface area contributed by atoms with Gasteiger partial charge >= 0.3 is 0 Å². The number of aromatic hydroxyl groups is 1. The number of nitro groups is 1. The van der Waals surface area contributed by atoms with Gasteiger partial charge in [-0.25, -0.2) is 5.43 Å². The number of rotatable bonds is 4. The molecule has 0 aromatic heterocycles. The van der Waals surface area contributed by atoms with E-state index in [-0.39, 0.29) is 17.0 Å². The minimum absolute atomic E-state index is 0.0808. The highest BCUT2D eigenvalue weighted by atomic mass is 79.9. The molecule has 0 spiro atoms. The summed E-state index contributed by atoms with van der Waals surface area (Å²) in [5, 5.41) is 24.6. The third kappa shape index (κ3) is 4.27. The Morgan fingerprint density at radius 1 is 1.39 bits per heavy atom. The van der Waals surface area contributed by atoms with Crippen molar-refractivity contribution >= 4 is 45.3 Å². The maximum atomic E-state index is 11.9. The molecule has 1 amide bonds. The van der Waals surface area contributed by atoms with Crippen molar-refractivity contribution < 1.29 is 14.8 Å². The average Bonchev–Trinajstić information content (AvgIpc) is 2.51. The number of amides is 1. The van der Waals surface area contributed by atoms with Crippen LogP contribution in [0.1, 0.15) is 15.9 Å². The summed E-state index contributed by atoms with van der Waals surface area (Å²) in [7, 11) is 0. The van der Waals surface area contributed by atoms with E-state index >= 15 is 0 Å². The van der Waals surface area contributed by atoms with E-state index in [4.69, 9.17) is 11.6 Å². The second-order valence-corrected chi connectivity index (χ2v) is 5.62. The number of hydrazone groups is 1. The smallest absolute Gasteiger partial charge is 0.271 e. The van der Waals surface area contributed by atoms with Crippen LogP contribution >= 0.6 is 27.5 Å². The van der Waals surface area contributed by atoms with E-state index < -0.39 is 10.8 Å². The Bertz CT molecular complexity index is 811. The van der Waals surface area contributed by atoms with Crippen LogP contribution < -0.4 is 5.43 Å². The van der Waals surface area contributed by atoms with Gasteiger partial charge in [0.1, 0.15) is 5.75 Å². The number of nitrogens with one attached hydrogen (secondary N) is 1. The van der Waals surface area contributed by atoms with Crippen LogP contribution in [0.15, 0.2) is 46.0 Å². The summed E-state index contributed by atoms with van der Waals surface area (Å²) < 4.78 is 0.386. The van der Waals surface area contributed by atoms with Crippen LogP contribution in [0.3, 0.4) is 0 Å². The number of phenolic OH excluding ortho intramolecular Hbond substituents is 1. The Morgan fingerprint density at radius 2 is 2.13 bits per heavy atom. The summed E-state index contributed by atoms with van der Waals surface area (Å²) in [6, 6.07) is 8.21. The van der Waals surface area contributed by atoms with Crippen LogP contribution in [0.4, 0.5) is 5.69 Å². The largest absolute Gasteiger partial charge is 0.506 e. The van der Waals surface area contributed by atoms with E-state index in [1.54, 1.807) is 0 Å². The van der Waals surface area contributed by atoms with Crippen LogP contribution in [0.2, 0.25) is 5.02 Å². The van der Waals surface area contributed by atoms with Gasteiger partial charge in [0.2, 0.25) is 0 Å². The topological polar surface area (TPSA) is 105 Å². The molecule has 0 aliphatic carbocycles. The van der Waals surface area contributed by atoms with E-state index in [1.807, 2.05) is 0 Å². The zero-order valence-corrected chi connectivity index (χ0v) is 13.7. The van der Waals surface area contributed by atoms with Gasteiger partial charge in [0.15, 0.2) is 0 Å². The molecule has 0 saturated carbocycles. The van der Waals surface area contributed by atoms with Gasteiger partial charge in [0.25, 0.3) is 11.6 Å². The van der Waals surface area contributed by atoms with Crippen LogP contribution in [0.5, 0.6) is 5.75 Å². The average molecular weight is 399 g/mol. The zero-order chi connectivity index (χ0) is 17.0. The molecule has 2 aromatic rings. The van der Waals surface area contributed by atoms with Crippen molar-refractivity contribution in [2.75, 3.05) is 0 Å². The molecule has 0 aliphatic heterocycles. The van der Waals surface area contributed by atoms with Gasteiger partial charge in [-0.2, -0.15) is 5.10 Å². The van der Waals surface area contributed by atoms with E-state index in [9.17, 15) is 20.0 Å². The molecule has 0 saturated heterocycles. The molecule has 9 heteroatoms. The molecule has 0 bridgehead atoms. The van der Waals surface area contributed by atoms with Crippen LogP contribution in [-0.2, 0) is 0 Å². The van der Waals surface area contributed by atoms with Gasteiger partial charge in [-0.1, -0.05) is 17.7 Å². The summed E-state index contributed by atoms with van der Waals surface area (Å²) in [5.41, 5.74) is 2.41. The van der Waals surface area contributed by atoms with E-state index in [0.717, 1.165) is 6.07 Å². The van der Waals surface area contributed by atoms with Gasteiger partial charge in [-0.15, -0.1) is 0 Å². The Balaban J connectivity index is 2.13. The van der Waals surface area contributed by atoms with Crippen LogP contribution in [0.25, 0.3) is 0 Å². The number of hydrogen-bond donors (Lipinski definition) is 2. The summed E-state index contributed by atoms with van der Waals surface area (Å²) >= 11 is 8.98. The molecule has 0 unspecified atom stereocenters. The monoisotopic (exact) mass is 397 g/mol. The van der Waals surface area contributed by atoms with Gasteiger partial charge < -0.3 is 5.11 Å². The van der Waals surface area contributed by atoms with Crippen molar-refractivity contribution in [1.29, 1.82) is 0 Å². The molecule has 2 N–H and O–H groups in total. The number of nitro benzene ring substituents is 1. The number of carbonyl (C=O) groups is 1. The first-order chi connectivity index (χ1) is 10.9. The first-order valence-electron chi connectivity index (χ1n) is 6.14. The molecular weight excluding hydrogens is 390 g/mol. The lowest BCUT2D eigenvalue weighted by atomic mass is 10.2. The standard InChI is InChI=1S/C14H9BrClN3O4/c15-12-6-10(16)4-9(13(12)20)7-17-18-14(21)8-2-1-3-11(5-8)19(22)23/h1-7,20H,(H,18,21). The van der Waals surface area contributed by atoms with E-state index in [1.165, 1.54) is 36.5 Å². The highest BCUT2D eigenvalue weighted by Crippen LogP contribution is 2.30. The quantitative estimate of drug-likeness (QED) is 0.467. The van der Waals surface area contributed by atoms with Crippen LogP contribution in [0, 0.1) is 10.1 Å². The molecule has 118 valence electrons. The highest BCUT2D eigenvalue weighted by Gasteiger charge is 2.11. The van der Waals surface area contributed by atoms with E-state index in [2.05, 4.69) is 26.5 Å². The minimum atomic E-state index is -0.620. The lowest BCUT2D eigenvalue weighted by Gasteiger charge is -2.03. The molecular formula is C14H9BrClN3O4. The minimum Gasteiger partial charge on any atom is -0.506 e. The van der Waals surface area contributed by atoms with Crippen molar-refractivity contribution in [3.63, 3.8) is 0 Å². The number of non-ortho nitro benzene ring substituents is 1. The molecule has 7 nitrogen and oxygen atoms in total. The molecule has 23 heavy (non-hydrogen) atoms. The number of carbonyl (C=O) groups excluding carboxylic acids is 1. The number of hydrogen-bond acceptors (Lipinski definition) is 5. The Hall–Kier alpha value is -2.45. The Morgan fingerprint density at radius 3 is 2.83 bits per heavy atom. The van der Waals surface area contributed by atoms with Gasteiger partial charge in [-0.05, 0) is 34.1 Å². The fourth-order valence-corrected chi connectivity index (χ4v) is 2.50. The summed E-state index contributed by atoms with van der Waals surface area (Å²) in [6.07, 6.45) is 1.21. The SMILES string of the molecule is O=C(NN=Cc1cc(Cl)cc(Br)c1O)c1cccc([N+](=O)[O-])c1. The third-order valence-corrected chi connectivity index (χ3v) is 3.57. The summed E-state index contributed by atoms with van der Waals surface area (Å²) in [6.45, 7) is 0. The second kappa shape index (κ2) is 7.21. The van der Waals surface area contributed by atoms with Crippen molar-refractivity contribution in [3.05, 3.63) is 67.1 Å². The maximum absolute atomic E-state index is 11.9. The normalized spacial score (nSPS) is 10.7. The van der Waals surface area contributed by atoms with Crippen molar-refractivity contribution in [3.8, 4) is 5.75 Å².